The molecule has 0 heterocycles. The van der Waals surface area contributed by atoms with Gasteiger partial charge in [0, 0.05) is 26.4 Å². The minimum absolute atomic E-state index is 0.138. The second kappa shape index (κ2) is 7.17. The van der Waals surface area contributed by atoms with Crippen LogP contribution in [0.1, 0.15) is 25.7 Å². The maximum atomic E-state index is 8.99. The first kappa shape index (κ1) is 11.9. The molecule has 0 bridgehead atoms. The van der Waals surface area contributed by atoms with Crippen molar-refractivity contribution in [3.05, 3.63) is 0 Å². The molecule has 0 aromatic rings. The smallest absolute Gasteiger partial charge is 0.0624 e. The maximum Gasteiger partial charge on any atom is 0.0624 e. The molecule has 0 spiro atoms. The molecule has 1 aliphatic carbocycles. The van der Waals surface area contributed by atoms with Gasteiger partial charge in [-0.25, -0.2) is 0 Å². The van der Waals surface area contributed by atoms with Gasteiger partial charge in [-0.1, -0.05) is 0 Å². The van der Waals surface area contributed by atoms with Crippen LogP contribution in [0.3, 0.4) is 0 Å². The van der Waals surface area contributed by atoms with Gasteiger partial charge in [-0.3, -0.25) is 0 Å². The summed E-state index contributed by atoms with van der Waals surface area (Å²) < 4.78 is 10.7. The highest BCUT2D eigenvalue weighted by Crippen LogP contribution is 2.22. The molecule has 1 saturated carbocycles. The van der Waals surface area contributed by atoms with E-state index in [2.05, 4.69) is 0 Å². The zero-order valence-electron chi connectivity index (χ0n) is 8.52. The number of aliphatic hydroxyl groups excluding tert-OH is 2. The van der Waals surface area contributed by atoms with Gasteiger partial charge in [-0.15, -0.1) is 0 Å². The van der Waals surface area contributed by atoms with Crippen molar-refractivity contribution in [1.29, 1.82) is 0 Å². The molecular weight excluding hydrogens is 184 g/mol. The van der Waals surface area contributed by atoms with Crippen molar-refractivity contribution < 1.29 is 19.7 Å². The van der Waals surface area contributed by atoms with Gasteiger partial charge < -0.3 is 19.7 Å². The molecule has 4 nitrogen and oxygen atoms in total. The van der Waals surface area contributed by atoms with Gasteiger partial charge in [-0.2, -0.15) is 0 Å². The van der Waals surface area contributed by atoms with Gasteiger partial charge in [0.2, 0.25) is 0 Å². The lowest BCUT2D eigenvalue weighted by Crippen LogP contribution is -2.35. The average Bonchev–Trinajstić information content (AvgIpc) is 2.13. The molecule has 1 aliphatic rings. The summed E-state index contributed by atoms with van der Waals surface area (Å²) in [5, 5.41) is 17.5. The topological polar surface area (TPSA) is 58.9 Å². The quantitative estimate of drug-likeness (QED) is 0.559. The summed E-state index contributed by atoms with van der Waals surface area (Å²) in [6.45, 7) is 2.21. The van der Waals surface area contributed by atoms with Crippen LogP contribution in [0.4, 0.5) is 0 Å². The third kappa shape index (κ3) is 4.91. The summed E-state index contributed by atoms with van der Waals surface area (Å²) in [5.74, 6) is 0. The van der Waals surface area contributed by atoms with Crippen LogP contribution in [0.5, 0.6) is 0 Å². The minimum atomic E-state index is -0.138. The molecule has 0 aliphatic heterocycles. The number of rotatable bonds is 8. The van der Waals surface area contributed by atoms with Crippen LogP contribution >= 0.6 is 0 Å². The minimum Gasteiger partial charge on any atom is -0.396 e. The van der Waals surface area contributed by atoms with Gasteiger partial charge in [0.05, 0.1) is 12.2 Å². The van der Waals surface area contributed by atoms with E-state index >= 15 is 0 Å². The predicted octanol–water partition coefficient (Wildman–Crippen LogP) is 0.315. The Bertz CT molecular complexity index is 134. The predicted molar refractivity (Wildman–Crippen MR) is 52.1 cm³/mol. The van der Waals surface area contributed by atoms with Crippen molar-refractivity contribution in [2.24, 2.45) is 0 Å². The molecule has 0 saturated heterocycles. The maximum absolute atomic E-state index is 8.99. The molecule has 0 aromatic heterocycles. The van der Waals surface area contributed by atoms with E-state index in [4.69, 9.17) is 19.7 Å². The monoisotopic (exact) mass is 204 g/mol. The van der Waals surface area contributed by atoms with Crippen LogP contribution in [-0.2, 0) is 9.47 Å². The molecule has 1 rings (SSSR count). The lowest BCUT2D eigenvalue weighted by Gasteiger charge is -2.31. The standard InChI is InChI=1S/C10H20O4/c11-3-1-4-13-5-2-6-14-10-7-9(12)8-10/h9-12H,1-8H2. The lowest BCUT2D eigenvalue weighted by atomic mass is 9.92. The lowest BCUT2D eigenvalue weighted by molar-refractivity contribution is -0.0744. The van der Waals surface area contributed by atoms with Crippen LogP contribution in [0, 0.1) is 0 Å². The van der Waals surface area contributed by atoms with Gasteiger partial charge in [0.25, 0.3) is 0 Å². The van der Waals surface area contributed by atoms with Crippen molar-refractivity contribution in [2.75, 3.05) is 26.4 Å². The molecule has 84 valence electrons. The van der Waals surface area contributed by atoms with E-state index in [1.807, 2.05) is 0 Å². The van der Waals surface area contributed by atoms with E-state index in [0.717, 1.165) is 19.3 Å². The molecule has 4 heteroatoms. The van der Waals surface area contributed by atoms with Crippen molar-refractivity contribution in [3.8, 4) is 0 Å². The Labute approximate surface area is 84.8 Å². The fourth-order valence-corrected chi connectivity index (χ4v) is 1.35. The van der Waals surface area contributed by atoms with Gasteiger partial charge in [-0.05, 0) is 25.7 Å². The molecule has 0 radical (unpaired) electrons. The summed E-state index contributed by atoms with van der Waals surface area (Å²) >= 11 is 0. The van der Waals surface area contributed by atoms with Crippen molar-refractivity contribution >= 4 is 0 Å². The molecule has 2 N–H and O–H groups in total. The first-order valence-electron chi connectivity index (χ1n) is 5.31. The van der Waals surface area contributed by atoms with Gasteiger partial charge in [0.1, 0.15) is 0 Å². The third-order valence-electron chi connectivity index (χ3n) is 2.30. The average molecular weight is 204 g/mol. The third-order valence-corrected chi connectivity index (χ3v) is 2.30. The fraction of sp³-hybridized carbons (Fsp3) is 1.00. The van der Waals surface area contributed by atoms with E-state index in [9.17, 15) is 0 Å². The second-order valence-electron chi connectivity index (χ2n) is 3.66. The zero-order chi connectivity index (χ0) is 10.2. The van der Waals surface area contributed by atoms with Crippen molar-refractivity contribution in [3.63, 3.8) is 0 Å². The van der Waals surface area contributed by atoms with Crippen LogP contribution in [0.2, 0.25) is 0 Å². The molecule has 0 atom stereocenters. The molecule has 0 amide bonds. The fourth-order valence-electron chi connectivity index (χ4n) is 1.35. The van der Waals surface area contributed by atoms with Crippen LogP contribution in [-0.4, -0.2) is 48.8 Å². The van der Waals surface area contributed by atoms with Crippen LogP contribution < -0.4 is 0 Å². The number of hydrogen-bond acceptors (Lipinski definition) is 4. The number of aliphatic hydroxyl groups is 2. The van der Waals surface area contributed by atoms with Crippen LogP contribution in [0.25, 0.3) is 0 Å². The highest BCUT2D eigenvalue weighted by molar-refractivity contribution is 4.78. The van der Waals surface area contributed by atoms with E-state index in [1.54, 1.807) is 0 Å². The first-order valence-corrected chi connectivity index (χ1v) is 5.31. The Morgan fingerprint density at radius 3 is 2.43 bits per heavy atom. The Morgan fingerprint density at radius 1 is 1.07 bits per heavy atom. The SMILES string of the molecule is OCCCOCCCOC1CC(O)C1. The normalized spacial score (nSPS) is 26.1. The number of hydrogen-bond donors (Lipinski definition) is 2. The largest absolute Gasteiger partial charge is 0.396 e. The first-order chi connectivity index (χ1) is 6.83. The van der Waals surface area contributed by atoms with E-state index < -0.39 is 0 Å². The molecule has 0 unspecified atom stereocenters. The summed E-state index contributed by atoms with van der Waals surface area (Å²) in [4.78, 5) is 0. The molecule has 14 heavy (non-hydrogen) atoms. The van der Waals surface area contributed by atoms with Gasteiger partial charge in [0.15, 0.2) is 0 Å². The Balaban J connectivity index is 1.72. The van der Waals surface area contributed by atoms with Gasteiger partial charge >= 0.3 is 0 Å². The summed E-state index contributed by atoms with van der Waals surface area (Å²) in [6.07, 6.45) is 3.29. The summed E-state index contributed by atoms with van der Waals surface area (Å²) in [5.41, 5.74) is 0. The number of ether oxygens (including phenoxy) is 2. The van der Waals surface area contributed by atoms with Crippen molar-refractivity contribution in [2.45, 2.75) is 37.9 Å². The second-order valence-corrected chi connectivity index (χ2v) is 3.66. The van der Waals surface area contributed by atoms with E-state index in [0.29, 0.717) is 26.2 Å². The van der Waals surface area contributed by atoms with E-state index in [-0.39, 0.29) is 18.8 Å². The molecule has 0 aromatic carbocycles. The molecular formula is C10H20O4. The van der Waals surface area contributed by atoms with E-state index in [1.165, 1.54) is 0 Å². The summed E-state index contributed by atoms with van der Waals surface area (Å²) in [7, 11) is 0. The molecule has 1 fully saturated rings. The van der Waals surface area contributed by atoms with Crippen molar-refractivity contribution in [1.82, 2.24) is 0 Å². The zero-order valence-corrected chi connectivity index (χ0v) is 8.52. The Kier molecular flexibility index (Phi) is 6.10. The van der Waals surface area contributed by atoms with Crippen LogP contribution in [0.15, 0.2) is 0 Å². The highest BCUT2D eigenvalue weighted by atomic mass is 16.5. The highest BCUT2D eigenvalue weighted by Gasteiger charge is 2.27. The summed E-state index contributed by atoms with van der Waals surface area (Å²) in [6, 6.07) is 0. The Hall–Kier alpha value is -0.160. The Morgan fingerprint density at radius 2 is 1.79 bits per heavy atom.